The smallest absolute Gasteiger partial charge is 0.189 e. The van der Waals surface area contributed by atoms with Crippen LogP contribution >= 0.6 is 11.3 Å². The first-order valence-corrected chi connectivity index (χ1v) is 4.75. The standard InChI is InChI=1S/C8H11N3S/c1-5-2-6(4-12-5)7-3-10-8(9)11-7/h2,4,7H,3H2,1H3,(H3,9,10,11). The van der Waals surface area contributed by atoms with Gasteiger partial charge in [-0.25, -0.2) is 0 Å². The van der Waals surface area contributed by atoms with Crippen LogP contribution in [-0.2, 0) is 0 Å². The molecule has 4 heteroatoms. The fourth-order valence-corrected chi connectivity index (χ4v) is 2.05. The van der Waals surface area contributed by atoms with Crippen molar-refractivity contribution in [2.45, 2.75) is 13.0 Å². The van der Waals surface area contributed by atoms with E-state index in [4.69, 9.17) is 5.73 Å². The van der Waals surface area contributed by atoms with E-state index >= 15 is 0 Å². The molecule has 2 heterocycles. The molecule has 1 aliphatic rings. The van der Waals surface area contributed by atoms with Crippen LogP contribution in [-0.4, -0.2) is 12.5 Å². The monoisotopic (exact) mass is 181 g/mol. The third-order valence-corrected chi connectivity index (χ3v) is 2.80. The Hall–Kier alpha value is -1.03. The van der Waals surface area contributed by atoms with E-state index < -0.39 is 0 Å². The molecule has 0 fully saturated rings. The summed E-state index contributed by atoms with van der Waals surface area (Å²) in [5, 5.41) is 5.27. The minimum absolute atomic E-state index is 0.301. The van der Waals surface area contributed by atoms with E-state index in [2.05, 4.69) is 28.7 Å². The summed E-state index contributed by atoms with van der Waals surface area (Å²) < 4.78 is 0. The summed E-state index contributed by atoms with van der Waals surface area (Å²) in [7, 11) is 0. The Kier molecular flexibility index (Phi) is 1.77. The minimum Gasteiger partial charge on any atom is -0.370 e. The molecule has 1 aromatic heterocycles. The predicted octanol–water partition coefficient (Wildman–Crippen LogP) is 1.02. The minimum atomic E-state index is 0.301. The Labute approximate surface area is 75.3 Å². The van der Waals surface area contributed by atoms with Gasteiger partial charge < -0.3 is 11.1 Å². The summed E-state index contributed by atoms with van der Waals surface area (Å²) in [6.07, 6.45) is 0. The topological polar surface area (TPSA) is 50.4 Å². The van der Waals surface area contributed by atoms with Crippen LogP contribution in [0.25, 0.3) is 0 Å². The molecule has 1 unspecified atom stereocenters. The molecule has 0 saturated carbocycles. The van der Waals surface area contributed by atoms with Crippen LogP contribution in [0.15, 0.2) is 16.4 Å². The van der Waals surface area contributed by atoms with E-state index in [0.29, 0.717) is 12.0 Å². The molecule has 1 aliphatic heterocycles. The second-order valence-electron chi connectivity index (χ2n) is 2.91. The second-order valence-corrected chi connectivity index (χ2v) is 4.03. The van der Waals surface area contributed by atoms with Crippen LogP contribution in [0.1, 0.15) is 16.5 Å². The summed E-state index contributed by atoms with van der Waals surface area (Å²) in [5.74, 6) is 0.559. The lowest BCUT2D eigenvalue weighted by atomic mass is 10.1. The molecule has 0 spiro atoms. The molecule has 0 radical (unpaired) electrons. The van der Waals surface area contributed by atoms with Crippen LogP contribution in [0.4, 0.5) is 0 Å². The Bertz CT molecular complexity index is 316. The number of nitrogens with zero attached hydrogens (tertiary/aromatic N) is 1. The predicted molar refractivity (Wildman–Crippen MR) is 51.4 cm³/mol. The van der Waals surface area contributed by atoms with Crippen molar-refractivity contribution in [3.05, 3.63) is 21.9 Å². The molecule has 2 rings (SSSR count). The zero-order chi connectivity index (χ0) is 8.55. The van der Waals surface area contributed by atoms with Crippen LogP contribution in [0.2, 0.25) is 0 Å². The first-order chi connectivity index (χ1) is 5.75. The molecule has 12 heavy (non-hydrogen) atoms. The first-order valence-electron chi connectivity index (χ1n) is 3.87. The van der Waals surface area contributed by atoms with Gasteiger partial charge in [0.05, 0.1) is 12.6 Å². The number of hydrogen-bond acceptors (Lipinski definition) is 4. The largest absolute Gasteiger partial charge is 0.370 e. The number of aliphatic imine (C=N–C) groups is 1. The molecular weight excluding hydrogens is 170 g/mol. The maximum absolute atomic E-state index is 5.51. The van der Waals surface area contributed by atoms with Crippen LogP contribution in [0, 0.1) is 6.92 Å². The van der Waals surface area contributed by atoms with Gasteiger partial charge in [-0.2, -0.15) is 0 Å². The average molecular weight is 181 g/mol. The fraction of sp³-hybridized carbons (Fsp3) is 0.375. The zero-order valence-electron chi connectivity index (χ0n) is 6.87. The van der Waals surface area contributed by atoms with Crippen molar-refractivity contribution in [1.82, 2.24) is 5.32 Å². The second kappa shape index (κ2) is 2.79. The van der Waals surface area contributed by atoms with Crippen molar-refractivity contribution in [2.75, 3.05) is 6.54 Å². The number of guanidine groups is 1. The van der Waals surface area contributed by atoms with Crippen LogP contribution < -0.4 is 11.1 Å². The van der Waals surface area contributed by atoms with Gasteiger partial charge in [0.15, 0.2) is 5.96 Å². The molecule has 1 aromatic rings. The van der Waals surface area contributed by atoms with E-state index in [1.807, 2.05) is 0 Å². The number of aryl methyl sites for hydroxylation is 1. The van der Waals surface area contributed by atoms with Crippen molar-refractivity contribution in [2.24, 2.45) is 10.7 Å². The van der Waals surface area contributed by atoms with E-state index in [0.717, 1.165) is 6.54 Å². The fourth-order valence-electron chi connectivity index (χ4n) is 1.29. The van der Waals surface area contributed by atoms with Gasteiger partial charge in [0.25, 0.3) is 0 Å². The van der Waals surface area contributed by atoms with Crippen molar-refractivity contribution in [1.29, 1.82) is 0 Å². The number of nitrogens with two attached hydrogens (primary N) is 1. The van der Waals surface area contributed by atoms with E-state index in [1.165, 1.54) is 10.4 Å². The van der Waals surface area contributed by atoms with Gasteiger partial charge in [0.1, 0.15) is 0 Å². The Balaban J connectivity index is 2.13. The quantitative estimate of drug-likeness (QED) is 0.679. The number of rotatable bonds is 1. The third-order valence-electron chi connectivity index (χ3n) is 1.92. The maximum atomic E-state index is 5.51. The highest BCUT2D eigenvalue weighted by Crippen LogP contribution is 2.22. The van der Waals surface area contributed by atoms with Crippen molar-refractivity contribution in [3.63, 3.8) is 0 Å². The molecule has 3 nitrogen and oxygen atoms in total. The lowest BCUT2D eigenvalue weighted by molar-refractivity contribution is 0.710. The maximum Gasteiger partial charge on any atom is 0.189 e. The zero-order valence-corrected chi connectivity index (χ0v) is 7.69. The molecule has 64 valence electrons. The van der Waals surface area contributed by atoms with Gasteiger partial charge >= 0.3 is 0 Å². The lowest BCUT2D eigenvalue weighted by Gasteiger charge is -2.06. The van der Waals surface area contributed by atoms with E-state index in [1.54, 1.807) is 11.3 Å². The number of hydrogen-bond donors (Lipinski definition) is 2. The van der Waals surface area contributed by atoms with Crippen molar-refractivity contribution >= 4 is 17.3 Å². The third kappa shape index (κ3) is 1.30. The molecule has 0 bridgehead atoms. The highest BCUT2D eigenvalue weighted by molar-refractivity contribution is 7.10. The normalized spacial score (nSPS) is 22.1. The lowest BCUT2D eigenvalue weighted by Crippen LogP contribution is -2.29. The van der Waals surface area contributed by atoms with Gasteiger partial charge in [0, 0.05) is 4.88 Å². The van der Waals surface area contributed by atoms with Crippen molar-refractivity contribution in [3.8, 4) is 0 Å². The van der Waals surface area contributed by atoms with Gasteiger partial charge in [-0.1, -0.05) is 0 Å². The Morgan fingerprint density at radius 1 is 1.75 bits per heavy atom. The molecule has 3 N–H and O–H groups in total. The van der Waals surface area contributed by atoms with E-state index in [-0.39, 0.29) is 0 Å². The highest BCUT2D eigenvalue weighted by atomic mass is 32.1. The van der Waals surface area contributed by atoms with Gasteiger partial charge in [0.2, 0.25) is 0 Å². The van der Waals surface area contributed by atoms with Crippen LogP contribution in [0.3, 0.4) is 0 Å². The molecule has 0 aromatic carbocycles. The number of thiophene rings is 1. The summed E-state index contributed by atoms with van der Waals surface area (Å²) >= 11 is 1.76. The Morgan fingerprint density at radius 3 is 3.08 bits per heavy atom. The molecule has 1 atom stereocenters. The molecule has 0 amide bonds. The summed E-state index contributed by atoms with van der Waals surface area (Å²) in [5.41, 5.74) is 6.80. The highest BCUT2D eigenvalue weighted by Gasteiger charge is 2.17. The summed E-state index contributed by atoms with van der Waals surface area (Å²) in [4.78, 5) is 5.42. The number of nitrogens with one attached hydrogen (secondary N) is 1. The van der Waals surface area contributed by atoms with Crippen molar-refractivity contribution < 1.29 is 0 Å². The van der Waals surface area contributed by atoms with Crippen LogP contribution in [0.5, 0.6) is 0 Å². The molecule has 0 saturated heterocycles. The molecule has 0 aliphatic carbocycles. The first kappa shape index (κ1) is 7.61. The molecular formula is C8H11N3S. The average Bonchev–Trinajstić information content (AvgIpc) is 2.58. The summed E-state index contributed by atoms with van der Waals surface area (Å²) in [6, 6.07) is 2.48. The Morgan fingerprint density at radius 2 is 2.58 bits per heavy atom. The van der Waals surface area contributed by atoms with Gasteiger partial charge in [-0.15, -0.1) is 11.3 Å². The van der Waals surface area contributed by atoms with Gasteiger partial charge in [-0.3, -0.25) is 4.99 Å². The van der Waals surface area contributed by atoms with Gasteiger partial charge in [-0.05, 0) is 23.9 Å². The van der Waals surface area contributed by atoms with E-state index in [9.17, 15) is 0 Å². The summed E-state index contributed by atoms with van der Waals surface area (Å²) in [6.45, 7) is 2.87. The SMILES string of the molecule is Cc1cc(C2CN=C(N)N2)cs1.